The van der Waals surface area contributed by atoms with E-state index in [1.54, 1.807) is 6.33 Å². The molecule has 1 saturated carbocycles. The van der Waals surface area contributed by atoms with E-state index in [1.807, 2.05) is 0 Å². The van der Waals surface area contributed by atoms with Crippen molar-refractivity contribution in [1.82, 2.24) is 25.4 Å². The molecule has 1 saturated heterocycles. The van der Waals surface area contributed by atoms with Gasteiger partial charge < -0.3 is 19.9 Å². The summed E-state index contributed by atoms with van der Waals surface area (Å²) in [6.45, 7) is 6.54. The molecule has 3 rings (SSSR count). The van der Waals surface area contributed by atoms with Gasteiger partial charge in [0, 0.05) is 25.2 Å². The lowest BCUT2D eigenvalue weighted by Crippen LogP contribution is -2.50. The third-order valence-electron chi connectivity index (χ3n) is 4.60. The van der Waals surface area contributed by atoms with E-state index in [2.05, 4.69) is 32.3 Å². The summed E-state index contributed by atoms with van der Waals surface area (Å²) in [7, 11) is 0. The van der Waals surface area contributed by atoms with E-state index >= 15 is 0 Å². The lowest BCUT2D eigenvalue weighted by atomic mass is 9.94. The van der Waals surface area contributed by atoms with E-state index < -0.39 is 0 Å². The Bertz CT molecular complexity index is 421. The van der Waals surface area contributed by atoms with Crippen LogP contribution in [0, 0.1) is 5.92 Å². The maximum atomic E-state index is 5.61. The van der Waals surface area contributed by atoms with Crippen molar-refractivity contribution in [2.24, 2.45) is 5.92 Å². The molecule has 21 heavy (non-hydrogen) atoms. The average molecular weight is 316 g/mol. The molecule has 1 aliphatic heterocycles. The number of nitrogens with zero attached hydrogens (tertiary/aromatic N) is 3. The third kappa shape index (κ3) is 3.94. The smallest absolute Gasteiger partial charge is 0.146 e. The van der Waals surface area contributed by atoms with Crippen LogP contribution in [-0.4, -0.2) is 46.6 Å². The zero-order valence-electron chi connectivity index (χ0n) is 12.6. The van der Waals surface area contributed by atoms with Gasteiger partial charge in [-0.15, -0.1) is 22.6 Å². The van der Waals surface area contributed by atoms with Gasteiger partial charge in [-0.3, -0.25) is 0 Å². The van der Waals surface area contributed by atoms with Gasteiger partial charge in [0.05, 0.1) is 19.8 Å². The lowest BCUT2D eigenvalue weighted by Gasteiger charge is -2.33. The molecule has 120 valence electrons. The van der Waals surface area contributed by atoms with E-state index in [1.165, 1.54) is 19.3 Å². The quantitative estimate of drug-likeness (QED) is 0.847. The largest absolute Gasteiger partial charge is 0.379 e. The molecule has 0 bridgehead atoms. The predicted molar refractivity (Wildman–Crippen MR) is 83.5 cm³/mol. The third-order valence-corrected chi connectivity index (χ3v) is 4.60. The molecule has 6 nitrogen and oxygen atoms in total. The van der Waals surface area contributed by atoms with E-state index in [9.17, 15) is 0 Å². The number of nitrogens with one attached hydrogen (secondary N) is 2. The molecule has 2 fully saturated rings. The highest BCUT2D eigenvalue weighted by molar-refractivity contribution is 5.85. The summed E-state index contributed by atoms with van der Waals surface area (Å²) in [4.78, 5) is 0. The monoisotopic (exact) mass is 315 g/mol. The number of aromatic nitrogens is 3. The summed E-state index contributed by atoms with van der Waals surface area (Å²) in [5.41, 5.74) is 0. The van der Waals surface area contributed by atoms with Crippen molar-refractivity contribution in [3.8, 4) is 0 Å². The molecule has 0 amide bonds. The second-order valence-corrected chi connectivity index (χ2v) is 5.75. The molecule has 0 aromatic carbocycles. The molecule has 2 heterocycles. The Morgan fingerprint density at radius 3 is 3.14 bits per heavy atom. The molecule has 3 unspecified atom stereocenters. The molecule has 1 aromatic rings. The van der Waals surface area contributed by atoms with Gasteiger partial charge in [0.15, 0.2) is 0 Å². The molecule has 2 aliphatic rings. The minimum atomic E-state index is 0. The first-order chi connectivity index (χ1) is 9.88. The van der Waals surface area contributed by atoms with Gasteiger partial charge >= 0.3 is 0 Å². The van der Waals surface area contributed by atoms with Crippen LogP contribution >= 0.6 is 12.4 Å². The maximum Gasteiger partial charge on any atom is 0.146 e. The summed E-state index contributed by atoms with van der Waals surface area (Å²) >= 11 is 0. The number of rotatable bonds is 5. The standard InChI is InChI=1S/C14H25N5O.ClH/c1-2-19-10-17-18-14(19)8-16-12-5-3-4-11(12)13-9-20-7-6-15-13;/h10-13,15-16H,2-9H2,1H3;1H. The van der Waals surface area contributed by atoms with Crippen LogP contribution in [0.25, 0.3) is 0 Å². The minimum absolute atomic E-state index is 0. The van der Waals surface area contributed by atoms with Crippen molar-refractivity contribution >= 4 is 12.4 Å². The molecule has 2 N–H and O–H groups in total. The molecule has 1 aromatic heterocycles. The zero-order chi connectivity index (χ0) is 13.8. The Hall–Kier alpha value is -0.690. The van der Waals surface area contributed by atoms with Crippen molar-refractivity contribution < 1.29 is 4.74 Å². The van der Waals surface area contributed by atoms with E-state index in [0.29, 0.717) is 18.0 Å². The van der Waals surface area contributed by atoms with Gasteiger partial charge in [0.25, 0.3) is 0 Å². The fourth-order valence-electron chi connectivity index (χ4n) is 3.49. The van der Waals surface area contributed by atoms with Crippen molar-refractivity contribution in [3.05, 3.63) is 12.2 Å². The highest BCUT2D eigenvalue weighted by atomic mass is 35.5. The Morgan fingerprint density at radius 2 is 2.38 bits per heavy atom. The summed E-state index contributed by atoms with van der Waals surface area (Å²) in [6.07, 6.45) is 5.66. The first-order valence-electron chi connectivity index (χ1n) is 7.79. The van der Waals surface area contributed by atoms with Gasteiger partial charge in [0.1, 0.15) is 12.2 Å². The molecule has 0 spiro atoms. The van der Waals surface area contributed by atoms with Crippen molar-refractivity contribution in [2.45, 2.75) is 51.4 Å². The highest BCUT2D eigenvalue weighted by Gasteiger charge is 2.34. The Labute approximate surface area is 132 Å². The van der Waals surface area contributed by atoms with Crippen LogP contribution < -0.4 is 10.6 Å². The molecular weight excluding hydrogens is 290 g/mol. The topological polar surface area (TPSA) is 64.0 Å². The van der Waals surface area contributed by atoms with Crippen LogP contribution in [0.2, 0.25) is 0 Å². The van der Waals surface area contributed by atoms with Gasteiger partial charge in [-0.05, 0) is 25.7 Å². The van der Waals surface area contributed by atoms with Crippen LogP contribution in [0.1, 0.15) is 32.0 Å². The molecule has 7 heteroatoms. The molecule has 1 aliphatic carbocycles. The van der Waals surface area contributed by atoms with Crippen LogP contribution in [0.3, 0.4) is 0 Å². The first-order valence-corrected chi connectivity index (χ1v) is 7.79. The van der Waals surface area contributed by atoms with Gasteiger partial charge in [0.2, 0.25) is 0 Å². The Balaban J connectivity index is 0.00000161. The normalized spacial score (nSPS) is 29.3. The maximum absolute atomic E-state index is 5.61. The van der Waals surface area contributed by atoms with Crippen molar-refractivity contribution in [3.63, 3.8) is 0 Å². The van der Waals surface area contributed by atoms with Crippen LogP contribution in [0.15, 0.2) is 6.33 Å². The second-order valence-electron chi connectivity index (χ2n) is 5.75. The number of hydrogen-bond acceptors (Lipinski definition) is 5. The summed E-state index contributed by atoms with van der Waals surface area (Å²) in [5.74, 6) is 1.71. The average Bonchev–Trinajstić information content (AvgIpc) is 3.14. The van der Waals surface area contributed by atoms with Crippen LogP contribution in [0.4, 0.5) is 0 Å². The fraction of sp³-hybridized carbons (Fsp3) is 0.857. The predicted octanol–water partition coefficient (Wildman–Crippen LogP) is 0.966. The molecular formula is C14H26ClN5O. The molecule has 0 radical (unpaired) electrons. The van der Waals surface area contributed by atoms with Gasteiger partial charge in [-0.1, -0.05) is 6.42 Å². The zero-order valence-corrected chi connectivity index (χ0v) is 13.4. The first kappa shape index (κ1) is 16.7. The summed E-state index contributed by atoms with van der Waals surface area (Å²) in [6, 6.07) is 1.07. The van der Waals surface area contributed by atoms with Gasteiger partial charge in [-0.2, -0.15) is 0 Å². The van der Waals surface area contributed by atoms with Crippen molar-refractivity contribution in [1.29, 1.82) is 0 Å². The molecule has 3 atom stereocenters. The van der Waals surface area contributed by atoms with E-state index in [-0.39, 0.29) is 12.4 Å². The van der Waals surface area contributed by atoms with Gasteiger partial charge in [-0.25, -0.2) is 0 Å². The fourth-order valence-corrected chi connectivity index (χ4v) is 3.49. The minimum Gasteiger partial charge on any atom is -0.379 e. The van der Waals surface area contributed by atoms with E-state index in [4.69, 9.17) is 4.74 Å². The SMILES string of the molecule is CCn1cnnc1CNC1CCCC1C1COCCN1.Cl. The lowest BCUT2D eigenvalue weighted by molar-refractivity contribution is 0.0523. The Morgan fingerprint density at radius 1 is 1.48 bits per heavy atom. The number of hydrogen-bond donors (Lipinski definition) is 2. The van der Waals surface area contributed by atoms with Crippen LogP contribution in [-0.2, 0) is 17.8 Å². The van der Waals surface area contributed by atoms with Crippen molar-refractivity contribution in [2.75, 3.05) is 19.8 Å². The summed E-state index contributed by atoms with van der Waals surface area (Å²) < 4.78 is 7.71. The highest BCUT2D eigenvalue weighted by Crippen LogP contribution is 2.29. The second kappa shape index (κ2) is 8.08. The number of aryl methyl sites for hydroxylation is 1. The number of halogens is 1. The van der Waals surface area contributed by atoms with Crippen LogP contribution in [0.5, 0.6) is 0 Å². The number of morpholine rings is 1. The summed E-state index contributed by atoms with van der Waals surface area (Å²) in [5, 5.41) is 15.5. The Kier molecular flexibility index (Phi) is 6.41. The van der Waals surface area contributed by atoms with E-state index in [0.717, 1.165) is 38.7 Å². The number of ether oxygens (including phenoxy) is 1.